The molecule has 0 spiro atoms. The molecule has 5 unspecified atom stereocenters. The van der Waals surface area contributed by atoms with Gasteiger partial charge in [-0.15, -0.1) is 0 Å². The van der Waals surface area contributed by atoms with Gasteiger partial charge < -0.3 is 4.74 Å². The predicted molar refractivity (Wildman–Crippen MR) is 73.4 cm³/mol. The van der Waals surface area contributed by atoms with Crippen LogP contribution in [0.5, 0.6) is 0 Å². The van der Waals surface area contributed by atoms with Crippen LogP contribution in [0.15, 0.2) is 23.8 Å². The molecule has 2 fully saturated rings. The normalized spacial score (nSPS) is 45.8. The summed E-state index contributed by atoms with van der Waals surface area (Å²) in [6.07, 6.45) is 13.6. The number of carbonyl (C=O) groups excluding carboxylic acids is 1. The standard InChI is InChI=1S/C17H22O2/c1-2-17(10-12-4-6-14(17)8-12)19-16(18)15-9-11-3-5-13(15)7-11/h3,5,9,11-14H,2,4,6-8,10H2,1H3. The summed E-state index contributed by atoms with van der Waals surface area (Å²) in [6.45, 7) is 2.18. The molecule has 4 bridgehead atoms. The number of hydrogen-bond donors (Lipinski definition) is 0. The summed E-state index contributed by atoms with van der Waals surface area (Å²) in [5, 5.41) is 0. The molecule has 2 saturated carbocycles. The maximum absolute atomic E-state index is 12.5. The SMILES string of the molecule is CCC1(OC(=O)C2=CC3C=CC2C3)CC2CCC1C2. The molecule has 102 valence electrons. The molecule has 2 nitrogen and oxygen atoms in total. The second-order valence-electron chi connectivity index (χ2n) is 6.90. The second kappa shape index (κ2) is 3.97. The maximum Gasteiger partial charge on any atom is 0.334 e. The molecule has 2 heteroatoms. The van der Waals surface area contributed by atoms with E-state index in [2.05, 4.69) is 25.2 Å². The molecular weight excluding hydrogens is 236 g/mol. The summed E-state index contributed by atoms with van der Waals surface area (Å²) in [4.78, 5) is 12.5. The summed E-state index contributed by atoms with van der Waals surface area (Å²) in [5.41, 5.74) is 0.801. The molecule has 4 aliphatic carbocycles. The lowest BCUT2D eigenvalue weighted by atomic mass is 9.82. The lowest BCUT2D eigenvalue weighted by Crippen LogP contribution is -2.40. The van der Waals surface area contributed by atoms with Crippen LogP contribution in [-0.2, 0) is 9.53 Å². The third-order valence-corrected chi connectivity index (χ3v) is 5.96. The van der Waals surface area contributed by atoms with Gasteiger partial charge in [-0.05, 0) is 56.3 Å². The first-order chi connectivity index (χ1) is 9.20. The van der Waals surface area contributed by atoms with Gasteiger partial charge >= 0.3 is 5.97 Å². The van der Waals surface area contributed by atoms with Gasteiger partial charge in [0, 0.05) is 11.5 Å². The molecule has 0 radical (unpaired) electrons. The largest absolute Gasteiger partial charge is 0.455 e. The first-order valence-corrected chi connectivity index (χ1v) is 7.83. The van der Waals surface area contributed by atoms with Gasteiger partial charge in [0.15, 0.2) is 0 Å². The quantitative estimate of drug-likeness (QED) is 0.571. The Kier molecular flexibility index (Phi) is 2.46. The average Bonchev–Trinajstić information content (AvgIpc) is 3.17. The van der Waals surface area contributed by atoms with Gasteiger partial charge in [-0.1, -0.05) is 25.2 Å². The molecule has 4 rings (SSSR count). The van der Waals surface area contributed by atoms with Gasteiger partial charge in [-0.2, -0.15) is 0 Å². The average molecular weight is 258 g/mol. The first kappa shape index (κ1) is 11.7. The summed E-state index contributed by atoms with van der Waals surface area (Å²) in [5.74, 6) is 2.24. The molecule has 0 N–H and O–H groups in total. The summed E-state index contributed by atoms with van der Waals surface area (Å²) in [7, 11) is 0. The monoisotopic (exact) mass is 258 g/mol. The van der Waals surface area contributed by atoms with Gasteiger partial charge in [0.25, 0.3) is 0 Å². The number of fused-ring (bicyclic) bond motifs is 4. The van der Waals surface area contributed by atoms with E-state index in [1.807, 2.05) is 0 Å². The van der Waals surface area contributed by atoms with Gasteiger partial charge in [0.05, 0.1) is 0 Å². The molecule has 0 aromatic heterocycles. The molecule has 5 atom stereocenters. The van der Waals surface area contributed by atoms with Crippen LogP contribution in [0.2, 0.25) is 0 Å². The Morgan fingerprint density at radius 1 is 1.37 bits per heavy atom. The smallest absolute Gasteiger partial charge is 0.334 e. The molecular formula is C17H22O2. The van der Waals surface area contributed by atoms with E-state index in [1.165, 1.54) is 19.3 Å². The Morgan fingerprint density at radius 2 is 2.26 bits per heavy atom. The third-order valence-electron chi connectivity index (χ3n) is 5.96. The second-order valence-corrected chi connectivity index (χ2v) is 6.90. The zero-order chi connectivity index (χ0) is 13.0. The van der Waals surface area contributed by atoms with Crippen molar-refractivity contribution >= 4 is 5.97 Å². The number of carbonyl (C=O) groups is 1. The minimum absolute atomic E-state index is 0.0220. The minimum Gasteiger partial charge on any atom is -0.455 e. The molecule has 0 amide bonds. The van der Waals surface area contributed by atoms with Crippen LogP contribution >= 0.6 is 0 Å². The topological polar surface area (TPSA) is 26.3 Å². The fourth-order valence-corrected chi connectivity index (χ4v) is 4.92. The minimum atomic E-state index is -0.133. The zero-order valence-corrected chi connectivity index (χ0v) is 11.6. The fourth-order valence-electron chi connectivity index (χ4n) is 4.92. The Balaban J connectivity index is 1.52. The van der Waals surface area contributed by atoms with Crippen molar-refractivity contribution in [3.8, 4) is 0 Å². The van der Waals surface area contributed by atoms with E-state index in [9.17, 15) is 4.79 Å². The van der Waals surface area contributed by atoms with Crippen LogP contribution in [-0.4, -0.2) is 11.6 Å². The predicted octanol–water partition coefficient (Wildman–Crippen LogP) is 3.63. The molecule has 0 aromatic carbocycles. The maximum atomic E-state index is 12.5. The zero-order valence-electron chi connectivity index (χ0n) is 11.6. The first-order valence-electron chi connectivity index (χ1n) is 7.83. The van der Waals surface area contributed by atoms with E-state index in [0.717, 1.165) is 30.8 Å². The van der Waals surface area contributed by atoms with Crippen LogP contribution in [0.3, 0.4) is 0 Å². The van der Waals surface area contributed by atoms with Gasteiger partial charge in [-0.3, -0.25) is 0 Å². The number of esters is 1. The Labute approximate surface area is 114 Å². The Hall–Kier alpha value is -1.05. The number of ether oxygens (including phenoxy) is 1. The van der Waals surface area contributed by atoms with E-state index in [1.54, 1.807) is 0 Å². The molecule has 19 heavy (non-hydrogen) atoms. The van der Waals surface area contributed by atoms with Crippen molar-refractivity contribution in [2.24, 2.45) is 23.7 Å². The number of allylic oxidation sites excluding steroid dienone is 3. The lowest BCUT2D eigenvalue weighted by molar-refractivity contribution is -0.161. The highest BCUT2D eigenvalue weighted by atomic mass is 16.6. The van der Waals surface area contributed by atoms with E-state index in [0.29, 0.717) is 17.8 Å². The molecule has 0 saturated heterocycles. The third kappa shape index (κ3) is 1.65. The highest BCUT2D eigenvalue weighted by Gasteiger charge is 2.53. The van der Waals surface area contributed by atoms with Gasteiger partial charge in [0.2, 0.25) is 0 Å². The van der Waals surface area contributed by atoms with Crippen molar-refractivity contribution in [3.05, 3.63) is 23.8 Å². The van der Waals surface area contributed by atoms with Crippen molar-refractivity contribution in [2.45, 2.75) is 51.0 Å². The number of rotatable bonds is 3. The van der Waals surface area contributed by atoms with Crippen molar-refractivity contribution in [1.29, 1.82) is 0 Å². The van der Waals surface area contributed by atoms with Crippen molar-refractivity contribution in [2.75, 3.05) is 0 Å². The van der Waals surface area contributed by atoms with E-state index >= 15 is 0 Å². The van der Waals surface area contributed by atoms with E-state index in [4.69, 9.17) is 4.74 Å². The Bertz CT molecular complexity index is 476. The molecule has 0 heterocycles. The van der Waals surface area contributed by atoms with Gasteiger partial charge in [0.1, 0.15) is 5.60 Å². The van der Waals surface area contributed by atoms with Crippen LogP contribution < -0.4 is 0 Å². The highest BCUT2D eigenvalue weighted by molar-refractivity contribution is 5.91. The van der Waals surface area contributed by atoms with Crippen molar-refractivity contribution < 1.29 is 9.53 Å². The van der Waals surface area contributed by atoms with E-state index < -0.39 is 0 Å². The van der Waals surface area contributed by atoms with Crippen molar-refractivity contribution in [3.63, 3.8) is 0 Å². The molecule has 0 aliphatic heterocycles. The van der Waals surface area contributed by atoms with Gasteiger partial charge in [-0.25, -0.2) is 4.79 Å². The summed E-state index contributed by atoms with van der Waals surface area (Å²) in [6, 6.07) is 0. The van der Waals surface area contributed by atoms with Crippen LogP contribution in [0, 0.1) is 23.7 Å². The van der Waals surface area contributed by atoms with Crippen LogP contribution in [0.25, 0.3) is 0 Å². The lowest BCUT2D eigenvalue weighted by Gasteiger charge is -2.37. The summed E-state index contributed by atoms with van der Waals surface area (Å²) >= 11 is 0. The molecule has 0 aromatic rings. The van der Waals surface area contributed by atoms with E-state index in [-0.39, 0.29) is 11.6 Å². The Morgan fingerprint density at radius 3 is 2.79 bits per heavy atom. The van der Waals surface area contributed by atoms with Crippen molar-refractivity contribution in [1.82, 2.24) is 0 Å². The summed E-state index contributed by atoms with van der Waals surface area (Å²) < 4.78 is 6.08. The fraction of sp³-hybridized carbons (Fsp3) is 0.706. The number of hydrogen-bond acceptors (Lipinski definition) is 2. The van der Waals surface area contributed by atoms with Crippen LogP contribution in [0.1, 0.15) is 45.4 Å². The molecule has 4 aliphatic rings. The highest BCUT2D eigenvalue weighted by Crippen LogP contribution is 2.54. The van der Waals surface area contributed by atoms with Crippen LogP contribution in [0.4, 0.5) is 0 Å².